The van der Waals surface area contributed by atoms with E-state index in [1.807, 2.05) is 0 Å². The van der Waals surface area contributed by atoms with Crippen LogP contribution in [0.4, 0.5) is 10.5 Å². The molecule has 1 aliphatic rings. The highest BCUT2D eigenvalue weighted by molar-refractivity contribution is 5.93. The molecule has 1 unspecified atom stereocenters. The Balaban J connectivity index is 2.10. The van der Waals surface area contributed by atoms with Crippen molar-refractivity contribution >= 4 is 17.7 Å². The van der Waals surface area contributed by atoms with Crippen LogP contribution in [0, 0.1) is 0 Å². The van der Waals surface area contributed by atoms with Crippen molar-refractivity contribution in [1.29, 1.82) is 0 Å². The number of urea groups is 1. The number of carbonyl (C=O) groups excluding carboxylic acids is 1. The fourth-order valence-corrected chi connectivity index (χ4v) is 2.09. The maximum atomic E-state index is 11.8. The van der Waals surface area contributed by atoms with Gasteiger partial charge in [0, 0.05) is 31.9 Å². The lowest BCUT2D eigenvalue weighted by molar-refractivity contribution is -0.137. The highest BCUT2D eigenvalue weighted by Gasteiger charge is 2.26. The zero-order chi connectivity index (χ0) is 14.0. The second-order valence-electron chi connectivity index (χ2n) is 4.65. The predicted molar refractivity (Wildman–Crippen MR) is 71.0 cm³/mol. The number of nitrogens with zero attached hydrogens (tertiary/aromatic N) is 2. The van der Waals surface area contributed by atoms with Gasteiger partial charge in [-0.1, -0.05) is 12.1 Å². The average molecular weight is 263 g/mol. The van der Waals surface area contributed by atoms with E-state index >= 15 is 0 Å². The van der Waals surface area contributed by atoms with E-state index in [4.69, 9.17) is 10.8 Å². The number of likely N-dealkylation sites (N-methyl/N-ethyl adjacent to an activating group) is 1. The summed E-state index contributed by atoms with van der Waals surface area (Å²) >= 11 is 0. The molecule has 6 nitrogen and oxygen atoms in total. The van der Waals surface area contributed by atoms with E-state index in [1.165, 1.54) is 0 Å². The molecule has 0 spiro atoms. The Labute approximate surface area is 111 Å². The molecular formula is C13H17N3O3. The summed E-state index contributed by atoms with van der Waals surface area (Å²) in [5.74, 6) is -0.923. The van der Waals surface area contributed by atoms with Crippen LogP contribution in [0.2, 0.25) is 0 Å². The molecular weight excluding hydrogens is 246 g/mol. The summed E-state index contributed by atoms with van der Waals surface area (Å²) in [6, 6.07) is 6.59. The van der Waals surface area contributed by atoms with Gasteiger partial charge in [-0.3, -0.25) is 9.69 Å². The molecule has 2 amide bonds. The van der Waals surface area contributed by atoms with E-state index < -0.39 is 12.0 Å². The number of nitrogens with two attached hydrogens (primary N) is 1. The molecule has 1 aliphatic heterocycles. The molecule has 2 rings (SSSR count). The number of anilines is 1. The Kier molecular flexibility index (Phi) is 3.71. The van der Waals surface area contributed by atoms with E-state index in [0.717, 1.165) is 11.3 Å². The van der Waals surface area contributed by atoms with Gasteiger partial charge in [-0.2, -0.15) is 0 Å². The van der Waals surface area contributed by atoms with Gasteiger partial charge < -0.3 is 15.7 Å². The highest BCUT2D eigenvalue weighted by atomic mass is 16.4. The van der Waals surface area contributed by atoms with Crippen molar-refractivity contribution < 1.29 is 14.7 Å². The smallest absolute Gasteiger partial charge is 0.324 e. The molecule has 0 aliphatic carbocycles. The Bertz CT molecular complexity index is 486. The van der Waals surface area contributed by atoms with Crippen molar-refractivity contribution in [2.75, 3.05) is 25.0 Å². The first-order valence-corrected chi connectivity index (χ1v) is 6.09. The SMILES string of the molecule is CN1CCN(c2ccc(C(N)CC(=O)O)cc2)C1=O. The summed E-state index contributed by atoms with van der Waals surface area (Å²) in [6.07, 6.45) is -0.106. The second-order valence-corrected chi connectivity index (χ2v) is 4.65. The number of carboxylic acids is 1. The van der Waals surface area contributed by atoms with E-state index in [9.17, 15) is 9.59 Å². The number of hydrogen-bond acceptors (Lipinski definition) is 3. The summed E-state index contributed by atoms with van der Waals surface area (Å²) < 4.78 is 0. The minimum atomic E-state index is -0.923. The third-order valence-electron chi connectivity index (χ3n) is 3.24. The molecule has 1 aromatic carbocycles. The van der Waals surface area contributed by atoms with Crippen LogP contribution in [0.25, 0.3) is 0 Å². The fourth-order valence-electron chi connectivity index (χ4n) is 2.09. The number of aliphatic carboxylic acids is 1. The molecule has 1 saturated heterocycles. The summed E-state index contributed by atoms with van der Waals surface area (Å²) in [7, 11) is 1.76. The minimum Gasteiger partial charge on any atom is -0.481 e. The maximum absolute atomic E-state index is 11.8. The van der Waals surface area contributed by atoms with Crippen molar-refractivity contribution in [1.82, 2.24) is 4.90 Å². The van der Waals surface area contributed by atoms with Crippen LogP contribution in [0.5, 0.6) is 0 Å². The minimum absolute atomic E-state index is 0.0254. The molecule has 0 radical (unpaired) electrons. The molecule has 1 aromatic rings. The van der Waals surface area contributed by atoms with Crippen molar-refractivity contribution in [3.05, 3.63) is 29.8 Å². The largest absolute Gasteiger partial charge is 0.481 e. The molecule has 0 bridgehead atoms. The van der Waals surface area contributed by atoms with Crippen molar-refractivity contribution in [2.45, 2.75) is 12.5 Å². The van der Waals surface area contributed by atoms with Gasteiger partial charge in [0.15, 0.2) is 0 Å². The van der Waals surface area contributed by atoms with Crippen molar-refractivity contribution in [3.63, 3.8) is 0 Å². The third kappa shape index (κ3) is 2.85. The quantitative estimate of drug-likeness (QED) is 0.849. The summed E-state index contributed by atoms with van der Waals surface area (Å²) in [6.45, 7) is 1.37. The van der Waals surface area contributed by atoms with Gasteiger partial charge in [0.05, 0.1) is 6.42 Å². The topological polar surface area (TPSA) is 86.9 Å². The summed E-state index contributed by atoms with van der Waals surface area (Å²) in [5, 5.41) is 8.70. The van der Waals surface area contributed by atoms with Gasteiger partial charge in [0.1, 0.15) is 0 Å². The molecule has 6 heteroatoms. The van der Waals surface area contributed by atoms with Crippen LogP contribution in [0.15, 0.2) is 24.3 Å². The van der Waals surface area contributed by atoms with Crippen molar-refractivity contribution in [3.8, 4) is 0 Å². The van der Waals surface area contributed by atoms with Gasteiger partial charge >= 0.3 is 12.0 Å². The second kappa shape index (κ2) is 5.27. The Morgan fingerprint density at radius 2 is 2.00 bits per heavy atom. The Hall–Kier alpha value is -2.08. The van der Waals surface area contributed by atoms with Crippen LogP contribution in [-0.2, 0) is 4.79 Å². The number of hydrogen-bond donors (Lipinski definition) is 2. The molecule has 3 N–H and O–H groups in total. The lowest BCUT2D eigenvalue weighted by atomic mass is 10.0. The van der Waals surface area contributed by atoms with Crippen molar-refractivity contribution in [2.24, 2.45) is 5.73 Å². The van der Waals surface area contributed by atoms with E-state index in [2.05, 4.69) is 0 Å². The number of carbonyl (C=O) groups is 2. The fraction of sp³-hybridized carbons (Fsp3) is 0.385. The zero-order valence-electron chi connectivity index (χ0n) is 10.7. The highest BCUT2D eigenvalue weighted by Crippen LogP contribution is 2.22. The van der Waals surface area contributed by atoms with Crippen LogP contribution in [0.3, 0.4) is 0 Å². The normalized spacial score (nSPS) is 16.8. The monoisotopic (exact) mass is 263 g/mol. The predicted octanol–water partition coefficient (Wildman–Crippen LogP) is 1.03. The van der Waals surface area contributed by atoms with Gasteiger partial charge in [0.2, 0.25) is 0 Å². The number of amides is 2. The van der Waals surface area contributed by atoms with E-state index in [1.54, 1.807) is 41.1 Å². The lowest BCUT2D eigenvalue weighted by Crippen LogP contribution is -2.29. The van der Waals surface area contributed by atoms with E-state index in [0.29, 0.717) is 13.1 Å². The standard InChI is InChI=1S/C13H17N3O3/c1-15-6-7-16(13(15)19)10-4-2-9(3-5-10)11(14)8-12(17)18/h2-5,11H,6-8,14H2,1H3,(H,17,18). The van der Waals surface area contributed by atoms with Gasteiger partial charge in [-0.05, 0) is 17.7 Å². The first kappa shape index (κ1) is 13.4. The van der Waals surface area contributed by atoms with Crippen LogP contribution in [-0.4, -0.2) is 42.1 Å². The molecule has 1 heterocycles. The lowest BCUT2D eigenvalue weighted by Gasteiger charge is -2.17. The van der Waals surface area contributed by atoms with Crippen LogP contribution < -0.4 is 10.6 Å². The maximum Gasteiger partial charge on any atom is 0.324 e. The number of rotatable bonds is 4. The van der Waals surface area contributed by atoms with Gasteiger partial charge in [-0.15, -0.1) is 0 Å². The molecule has 0 saturated carbocycles. The Morgan fingerprint density at radius 1 is 1.37 bits per heavy atom. The first-order valence-electron chi connectivity index (χ1n) is 6.09. The molecule has 102 valence electrons. The zero-order valence-corrected chi connectivity index (χ0v) is 10.7. The average Bonchev–Trinajstić information content (AvgIpc) is 2.69. The van der Waals surface area contributed by atoms with Gasteiger partial charge in [0.25, 0.3) is 0 Å². The van der Waals surface area contributed by atoms with Crippen LogP contribution >= 0.6 is 0 Å². The number of carboxylic acid groups (broad SMARTS) is 1. The molecule has 1 fully saturated rings. The molecule has 1 atom stereocenters. The summed E-state index contributed by atoms with van der Waals surface area (Å²) in [5.41, 5.74) is 7.34. The van der Waals surface area contributed by atoms with Crippen LogP contribution in [0.1, 0.15) is 18.0 Å². The van der Waals surface area contributed by atoms with Gasteiger partial charge in [-0.25, -0.2) is 4.79 Å². The van der Waals surface area contributed by atoms with E-state index in [-0.39, 0.29) is 12.5 Å². The Morgan fingerprint density at radius 3 is 2.47 bits per heavy atom. The third-order valence-corrected chi connectivity index (χ3v) is 3.24. The molecule has 0 aromatic heterocycles. The number of benzene rings is 1. The first-order chi connectivity index (χ1) is 8.99. The summed E-state index contributed by atoms with van der Waals surface area (Å²) in [4.78, 5) is 25.8. The molecule has 19 heavy (non-hydrogen) atoms.